The lowest BCUT2D eigenvalue weighted by Gasteiger charge is -2.33. The Morgan fingerprint density at radius 3 is 2.56 bits per heavy atom. The van der Waals surface area contributed by atoms with Gasteiger partial charge in [-0.15, -0.1) is 11.3 Å². The van der Waals surface area contributed by atoms with Gasteiger partial charge in [0.15, 0.2) is 0 Å². The van der Waals surface area contributed by atoms with Gasteiger partial charge in [0, 0.05) is 50.8 Å². The van der Waals surface area contributed by atoms with Crippen LogP contribution in [0.1, 0.15) is 30.6 Å². The molecule has 0 spiro atoms. The van der Waals surface area contributed by atoms with Crippen LogP contribution in [0.2, 0.25) is 0 Å². The van der Waals surface area contributed by atoms with Crippen LogP contribution >= 0.6 is 11.3 Å². The van der Waals surface area contributed by atoms with E-state index in [0.717, 1.165) is 77.7 Å². The number of hydrogen-bond donors (Lipinski definition) is 0. The molecule has 36 heavy (non-hydrogen) atoms. The third-order valence-electron chi connectivity index (χ3n) is 7.43. The van der Waals surface area contributed by atoms with Crippen molar-refractivity contribution in [3.8, 4) is 11.1 Å². The number of thiophene rings is 1. The monoisotopic (exact) mass is 507 g/mol. The number of anilines is 1. The summed E-state index contributed by atoms with van der Waals surface area (Å²) in [6, 6.07) is 10.4. The van der Waals surface area contributed by atoms with Gasteiger partial charge < -0.3 is 19.4 Å². The van der Waals surface area contributed by atoms with E-state index in [4.69, 9.17) is 9.72 Å². The van der Waals surface area contributed by atoms with E-state index in [0.29, 0.717) is 12.3 Å². The van der Waals surface area contributed by atoms with Crippen LogP contribution in [-0.4, -0.2) is 85.7 Å². The van der Waals surface area contributed by atoms with Crippen LogP contribution in [0.15, 0.2) is 36.7 Å². The van der Waals surface area contributed by atoms with E-state index in [-0.39, 0.29) is 5.91 Å². The van der Waals surface area contributed by atoms with Crippen molar-refractivity contribution >= 4 is 33.3 Å². The largest absolute Gasteiger partial charge is 0.380 e. The number of likely N-dealkylation sites (N-methyl/N-ethyl adjacent to an activating group) is 1. The minimum atomic E-state index is 0.0961. The summed E-state index contributed by atoms with van der Waals surface area (Å²) in [5, 5.41) is 1.08. The van der Waals surface area contributed by atoms with Gasteiger partial charge in [-0.05, 0) is 50.3 Å². The van der Waals surface area contributed by atoms with Crippen molar-refractivity contribution in [1.29, 1.82) is 0 Å². The zero-order chi connectivity index (χ0) is 24.9. The highest BCUT2D eigenvalue weighted by molar-refractivity contribution is 7.19. The molecule has 2 saturated heterocycles. The predicted molar refractivity (Wildman–Crippen MR) is 147 cm³/mol. The maximum Gasteiger partial charge on any atom is 0.227 e. The lowest BCUT2D eigenvalue weighted by atomic mass is 9.97. The Kier molecular flexibility index (Phi) is 8.14. The van der Waals surface area contributed by atoms with Crippen LogP contribution < -0.4 is 4.90 Å². The summed E-state index contributed by atoms with van der Waals surface area (Å²) in [5.74, 6) is 1.69. The number of fused-ring (bicyclic) bond motifs is 1. The molecule has 8 heteroatoms. The molecule has 5 rings (SSSR count). The fraction of sp³-hybridized carbons (Fsp3) is 0.536. The number of amides is 1. The van der Waals surface area contributed by atoms with Crippen LogP contribution in [0.3, 0.4) is 0 Å². The molecule has 0 bridgehead atoms. The van der Waals surface area contributed by atoms with Gasteiger partial charge in [0.25, 0.3) is 0 Å². The third-order valence-corrected chi connectivity index (χ3v) is 8.53. The van der Waals surface area contributed by atoms with Crippen LogP contribution in [0, 0.1) is 5.92 Å². The smallest absolute Gasteiger partial charge is 0.227 e. The zero-order valence-electron chi connectivity index (χ0n) is 21.5. The van der Waals surface area contributed by atoms with Crippen LogP contribution in [0.25, 0.3) is 21.3 Å². The molecule has 4 heterocycles. The second-order valence-electron chi connectivity index (χ2n) is 10.2. The van der Waals surface area contributed by atoms with Gasteiger partial charge in [-0.2, -0.15) is 0 Å². The number of piperidine rings is 1. The van der Waals surface area contributed by atoms with Crippen LogP contribution in [-0.2, 0) is 16.0 Å². The van der Waals surface area contributed by atoms with Gasteiger partial charge in [0.05, 0.1) is 18.4 Å². The average Bonchev–Trinajstić information content (AvgIpc) is 3.55. The van der Waals surface area contributed by atoms with Crippen molar-refractivity contribution < 1.29 is 9.53 Å². The quantitative estimate of drug-likeness (QED) is 0.402. The molecule has 2 aliphatic heterocycles. The Morgan fingerprint density at radius 1 is 1.08 bits per heavy atom. The van der Waals surface area contributed by atoms with E-state index >= 15 is 0 Å². The first-order chi connectivity index (χ1) is 17.6. The number of nitrogens with zero attached hydrogens (tertiary/aromatic N) is 5. The molecule has 0 radical (unpaired) electrons. The summed E-state index contributed by atoms with van der Waals surface area (Å²) in [6.45, 7) is 7.14. The maximum atomic E-state index is 12.6. The maximum absolute atomic E-state index is 12.6. The summed E-state index contributed by atoms with van der Waals surface area (Å²) >= 11 is 1.62. The number of hydrogen-bond acceptors (Lipinski definition) is 7. The molecular weight excluding hydrogens is 470 g/mol. The van der Waals surface area contributed by atoms with E-state index in [1.165, 1.54) is 25.9 Å². The first-order valence-electron chi connectivity index (χ1n) is 13.2. The lowest BCUT2D eigenvalue weighted by molar-refractivity contribution is -0.127. The first kappa shape index (κ1) is 25.1. The molecule has 0 unspecified atom stereocenters. The predicted octanol–water partition coefficient (Wildman–Crippen LogP) is 4.32. The molecule has 7 nitrogen and oxygen atoms in total. The molecule has 2 aromatic heterocycles. The Morgan fingerprint density at radius 2 is 1.83 bits per heavy atom. The normalized spacial score (nSPS) is 17.2. The summed E-state index contributed by atoms with van der Waals surface area (Å²) in [7, 11) is 3.62. The van der Waals surface area contributed by atoms with E-state index in [2.05, 4.69) is 39.0 Å². The molecule has 192 valence electrons. The van der Waals surface area contributed by atoms with Crippen molar-refractivity contribution in [2.45, 2.75) is 32.1 Å². The highest BCUT2D eigenvalue weighted by atomic mass is 32.1. The average molecular weight is 508 g/mol. The van der Waals surface area contributed by atoms with Crippen molar-refractivity contribution in [2.75, 3.05) is 64.9 Å². The van der Waals surface area contributed by atoms with Crippen LogP contribution in [0.4, 0.5) is 5.82 Å². The standard InChI is InChI=1S/C28H37N5O2S/c1-31(2)24(34)18-23-25(22-8-4-3-5-9-22)26-27(29-20-30-28(26)36-23)33-14-10-21(11-15-33)19-35-17-16-32-12-6-7-13-32/h3-5,8-9,20-21H,6-7,10-19H2,1-2H3. The molecule has 0 saturated carbocycles. The van der Waals surface area contributed by atoms with E-state index in [9.17, 15) is 4.79 Å². The highest BCUT2D eigenvalue weighted by Gasteiger charge is 2.26. The summed E-state index contributed by atoms with van der Waals surface area (Å²) in [6.07, 6.45) is 6.91. The first-order valence-corrected chi connectivity index (χ1v) is 14.0. The second kappa shape index (κ2) is 11.7. The number of ether oxygens (including phenoxy) is 1. The fourth-order valence-electron chi connectivity index (χ4n) is 5.30. The van der Waals surface area contributed by atoms with Crippen molar-refractivity contribution in [1.82, 2.24) is 19.8 Å². The van der Waals surface area contributed by atoms with E-state index < -0.39 is 0 Å². The Balaban J connectivity index is 1.32. The Hall–Kier alpha value is -2.55. The van der Waals surface area contributed by atoms with Gasteiger partial charge in [-0.1, -0.05) is 30.3 Å². The molecular formula is C28H37N5O2S. The van der Waals surface area contributed by atoms with Gasteiger partial charge >= 0.3 is 0 Å². The number of carbonyl (C=O) groups is 1. The fourth-order valence-corrected chi connectivity index (χ4v) is 6.44. The Labute approximate surface area is 218 Å². The molecule has 2 fully saturated rings. The third kappa shape index (κ3) is 5.71. The second-order valence-corrected chi connectivity index (χ2v) is 11.2. The number of rotatable bonds is 9. The van der Waals surface area contributed by atoms with Gasteiger partial charge in [0.1, 0.15) is 17.0 Å². The summed E-state index contributed by atoms with van der Waals surface area (Å²) in [5.41, 5.74) is 2.22. The lowest BCUT2D eigenvalue weighted by Crippen LogP contribution is -2.36. The van der Waals surface area contributed by atoms with Crippen LogP contribution in [0.5, 0.6) is 0 Å². The number of carbonyl (C=O) groups excluding carboxylic acids is 1. The van der Waals surface area contributed by atoms with Gasteiger partial charge in [-0.25, -0.2) is 9.97 Å². The number of likely N-dealkylation sites (tertiary alicyclic amines) is 1. The van der Waals surface area contributed by atoms with Gasteiger partial charge in [-0.3, -0.25) is 4.79 Å². The summed E-state index contributed by atoms with van der Waals surface area (Å²) < 4.78 is 6.06. The van der Waals surface area contributed by atoms with Crippen molar-refractivity contribution in [3.05, 3.63) is 41.5 Å². The van der Waals surface area contributed by atoms with Gasteiger partial charge in [0.2, 0.25) is 5.91 Å². The number of benzene rings is 1. The topological polar surface area (TPSA) is 61.8 Å². The minimum Gasteiger partial charge on any atom is -0.380 e. The zero-order valence-corrected chi connectivity index (χ0v) is 22.3. The Bertz CT molecular complexity index is 1150. The number of aromatic nitrogens is 2. The molecule has 0 aliphatic carbocycles. The van der Waals surface area contributed by atoms with Crippen molar-refractivity contribution in [2.24, 2.45) is 5.92 Å². The van der Waals surface area contributed by atoms with E-state index in [1.54, 1.807) is 22.6 Å². The van der Waals surface area contributed by atoms with E-state index in [1.807, 2.05) is 20.2 Å². The highest BCUT2D eigenvalue weighted by Crippen LogP contribution is 2.42. The molecule has 0 N–H and O–H groups in total. The molecule has 0 atom stereocenters. The molecule has 1 amide bonds. The molecule has 2 aliphatic rings. The van der Waals surface area contributed by atoms with Crippen molar-refractivity contribution in [3.63, 3.8) is 0 Å². The molecule has 1 aromatic carbocycles. The minimum absolute atomic E-state index is 0.0961. The summed E-state index contributed by atoms with van der Waals surface area (Å²) in [4.78, 5) is 30.6. The molecule has 3 aromatic rings. The SMILES string of the molecule is CN(C)C(=O)Cc1sc2ncnc(N3CCC(COCCN4CCCC4)CC3)c2c1-c1ccccc1.